The lowest BCUT2D eigenvalue weighted by Crippen LogP contribution is -2.20. The van der Waals surface area contributed by atoms with E-state index in [1.807, 2.05) is 6.07 Å². The molecule has 0 saturated carbocycles. The number of nitrogens with zero attached hydrogens (tertiary/aromatic N) is 2. The molecule has 0 bridgehead atoms. The lowest BCUT2D eigenvalue weighted by atomic mass is 9.95. The first kappa shape index (κ1) is 13.8. The van der Waals surface area contributed by atoms with Gasteiger partial charge in [0.2, 0.25) is 0 Å². The van der Waals surface area contributed by atoms with E-state index in [9.17, 15) is 5.26 Å². The summed E-state index contributed by atoms with van der Waals surface area (Å²) in [5.41, 5.74) is 3.06. The van der Waals surface area contributed by atoms with Crippen LogP contribution in [0, 0.1) is 11.3 Å². The van der Waals surface area contributed by atoms with E-state index in [2.05, 4.69) is 23.3 Å². The van der Waals surface area contributed by atoms with Crippen LogP contribution >= 0.6 is 0 Å². The second-order valence-corrected chi connectivity index (χ2v) is 5.14. The van der Waals surface area contributed by atoms with E-state index in [0.717, 1.165) is 30.8 Å². The third-order valence-corrected chi connectivity index (χ3v) is 3.56. The molecule has 1 aliphatic rings. The van der Waals surface area contributed by atoms with Gasteiger partial charge in [0, 0.05) is 25.5 Å². The molecular formula is C15H21N3O. The largest absolute Gasteiger partial charge is 0.385 e. The van der Waals surface area contributed by atoms with Gasteiger partial charge in [-0.2, -0.15) is 5.26 Å². The summed E-state index contributed by atoms with van der Waals surface area (Å²) in [7, 11) is 1.70. The van der Waals surface area contributed by atoms with E-state index in [1.165, 1.54) is 18.4 Å². The predicted octanol–water partition coefficient (Wildman–Crippen LogP) is 2.67. The number of anilines is 1. The van der Waals surface area contributed by atoms with Crippen molar-refractivity contribution in [2.75, 3.05) is 19.0 Å². The third kappa shape index (κ3) is 3.45. The smallest absolute Gasteiger partial charge is 0.144 e. The van der Waals surface area contributed by atoms with Crippen molar-refractivity contribution in [1.82, 2.24) is 4.98 Å². The van der Waals surface area contributed by atoms with Crippen LogP contribution in [0.15, 0.2) is 6.07 Å². The fourth-order valence-corrected chi connectivity index (χ4v) is 2.43. The molecular weight excluding hydrogens is 238 g/mol. The topological polar surface area (TPSA) is 57.9 Å². The lowest BCUT2D eigenvalue weighted by molar-refractivity contribution is 0.191. The fraction of sp³-hybridized carbons (Fsp3) is 0.600. The minimum absolute atomic E-state index is 0.251. The highest BCUT2D eigenvalue weighted by Crippen LogP contribution is 2.24. The van der Waals surface area contributed by atoms with Crippen molar-refractivity contribution in [2.24, 2.45) is 0 Å². The molecule has 0 amide bonds. The van der Waals surface area contributed by atoms with Crippen molar-refractivity contribution in [2.45, 2.75) is 45.1 Å². The summed E-state index contributed by atoms with van der Waals surface area (Å²) in [6, 6.07) is 4.51. The van der Waals surface area contributed by atoms with Gasteiger partial charge in [0.25, 0.3) is 0 Å². The normalized spacial score (nSPS) is 15.4. The van der Waals surface area contributed by atoms with E-state index in [1.54, 1.807) is 7.11 Å². The molecule has 0 saturated heterocycles. The van der Waals surface area contributed by atoms with Crippen LogP contribution in [0.1, 0.15) is 43.0 Å². The van der Waals surface area contributed by atoms with Gasteiger partial charge in [-0.25, -0.2) is 4.98 Å². The molecule has 1 atom stereocenters. The predicted molar refractivity (Wildman–Crippen MR) is 75.2 cm³/mol. The van der Waals surface area contributed by atoms with Crippen molar-refractivity contribution in [3.8, 4) is 6.07 Å². The van der Waals surface area contributed by atoms with E-state index in [-0.39, 0.29) is 6.04 Å². The molecule has 4 heteroatoms. The zero-order valence-electron chi connectivity index (χ0n) is 11.7. The van der Waals surface area contributed by atoms with Crippen LogP contribution in [-0.2, 0) is 17.6 Å². The van der Waals surface area contributed by atoms with Crippen molar-refractivity contribution in [1.29, 1.82) is 5.26 Å². The molecule has 1 aliphatic carbocycles. The first-order chi connectivity index (χ1) is 9.24. The molecule has 0 fully saturated rings. The Labute approximate surface area is 114 Å². The van der Waals surface area contributed by atoms with Gasteiger partial charge in [-0.3, -0.25) is 0 Å². The van der Waals surface area contributed by atoms with Crippen LogP contribution < -0.4 is 5.32 Å². The van der Waals surface area contributed by atoms with E-state index in [0.29, 0.717) is 12.2 Å². The second kappa shape index (κ2) is 6.53. The van der Waals surface area contributed by atoms with Gasteiger partial charge < -0.3 is 10.1 Å². The number of aromatic nitrogens is 1. The van der Waals surface area contributed by atoms with Crippen molar-refractivity contribution in [3.63, 3.8) is 0 Å². The second-order valence-electron chi connectivity index (χ2n) is 5.14. The molecule has 0 spiro atoms. The van der Waals surface area contributed by atoms with Crippen molar-refractivity contribution < 1.29 is 4.74 Å². The van der Waals surface area contributed by atoms with Gasteiger partial charge in [-0.1, -0.05) is 0 Å². The Bertz CT molecular complexity index is 479. The molecule has 1 heterocycles. The molecule has 1 unspecified atom stereocenters. The Hall–Kier alpha value is -1.60. The number of pyridine rings is 1. The standard InChI is InChI=1S/C15H21N3O/c1-11(7-8-19-2)17-15-13(10-16)9-12-5-3-4-6-14(12)18-15/h9,11H,3-8H2,1-2H3,(H,17,18). The molecule has 4 nitrogen and oxygen atoms in total. The Morgan fingerprint density at radius 3 is 3.00 bits per heavy atom. The van der Waals surface area contributed by atoms with Crippen molar-refractivity contribution >= 4 is 5.82 Å². The van der Waals surface area contributed by atoms with Gasteiger partial charge >= 0.3 is 0 Å². The van der Waals surface area contributed by atoms with Gasteiger partial charge in [0.1, 0.15) is 11.9 Å². The molecule has 0 aromatic carbocycles. The number of nitriles is 1. The molecule has 1 aromatic heterocycles. The summed E-state index contributed by atoms with van der Waals surface area (Å²) >= 11 is 0. The number of fused-ring (bicyclic) bond motifs is 1. The number of methoxy groups -OCH3 is 1. The van der Waals surface area contributed by atoms with Crippen LogP contribution in [0.25, 0.3) is 0 Å². The fourth-order valence-electron chi connectivity index (χ4n) is 2.43. The Morgan fingerprint density at radius 1 is 1.47 bits per heavy atom. The average Bonchev–Trinajstić information content (AvgIpc) is 2.44. The van der Waals surface area contributed by atoms with Gasteiger partial charge in [0.05, 0.1) is 5.56 Å². The Balaban J connectivity index is 2.17. The van der Waals surface area contributed by atoms with Crippen molar-refractivity contribution in [3.05, 3.63) is 22.9 Å². The number of rotatable bonds is 5. The zero-order chi connectivity index (χ0) is 13.7. The SMILES string of the molecule is COCCC(C)Nc1nc2c(cc1C#N)CCCC2. The highest BCUT2D eigenvalue weighted by molar-refractivity contribution is 5.55. The Morgan fingerprint density at radius 2 is 2.26 bits per heavy atom. The number of hydrogen-bond donors (Lipinski definition) is 1. The zero-order valence-corrected chi connectivity index (χ0v) is 11.7. The number of ether oxygens (including phenoxy) is 1. The van der Waals surface area contributed by atoms with Crippen LogP contribution in [0.4, 0.5) is 5.82 Å². The summed E-state index contributed by atoms with van der Waals surface area (Å²) in [6.45, 7) is 2.79. The van der Waals surface area contributed by atoms with Gasteiger partial charge in [0.15, 0.2) is 0 Å². The minimum Gasteiger partial charge on any atom is -0.385 e. The molecule has 19 heavy (non-hydrogen) atoms. The summed E-state index contributed by atoms with van der Waals surface area (Å²) in [4.78, 5) is 4.66. The summed E-state index contributed by atoms with van der Waals surface area (Å²) in [5.74, 6) is 0.728. The monoisotopic (exact) mass is 259 g/mol. The minimum atomic E-state index is 0.251. The number of nitrogens with one attached hydrogen (secondary N) is 1. The summed E-state index contributed by atoms with van der Waals surface area (Å²) < 4.78 is 5.07. The summed E-state index contributed by atoms with van der Waals surface area (Å²) in [5, 5.41) is 12.6. The lowest BCUT2D eigenvalue weighted by Gasteiger charge is -2.19. The first-order valence-corrected chi connectivity index (χ1v) is 6.93. The maximum absolute atomic E-state index is 9.25. The number of hydrogen-bond acceptors (Lipinski definition) is 4. The third-order valence-electron chi connectivity index (χ3n) is 3.56. The maximum atomic E-state index is 9.25. The Kier molecular flexibility index (Phi) is 4.75. The molecule has 1 aromatic rings. The van der Waals surface area contributed by atoms with Crippen LogP contribution in [0.3, 0.4) is 0 Å². The molecule has 102 valence electrons. The average molecular weight is 259 g/mol. The summed E-state index contributed by atoms with van der Waals surface area (Å²) in [6.07, 6.45) is 5.39. The molecule has 0 radical (unpaired) electrons. The molecule has 0 aliphatic heterocycles. The van der Waals surface area contributed by atoms with Gasteiger partial charge in [-0.15, -0.1) is 0 Å². The quantitative estimate of drug-likeness (QED) is 0.883. The van der Waals surface area contributed by atoms with Crippen LogP contribution in [0.5, 0.6) is 0 Å². The van der Waals surface area contributed by atoms with E-state index in [4.69, 9.17) is 4.74 Å². The van der Waals surface area contributed by atoms with E-state index >= 15 is 0 Å². The van der Waals surface area contributed by atoms with Gasteiger partial charge in [-0.05, 0) is 50.7 Å². The maximum Gasteiger partial charge on any atom is 0.144 e. The molecule has 2 rings (SSSR count). The van der Waals surface area contributed by atoms with E-state index < -0.39 is 0 Å². The highest BCUT2D eigenvalue weighted by atomic mass is 16.5. The number of aryl methyl sites for hydroxylation is 2. The first-order valence-electron chi connectivity index (χ1n) is 6.93. The molecule has 1 N–H and O–H groups in total. The van der Waals surface area contributed by atoms with Crippen LogP contribution in [-0.4, -0.2) is 24.7 Å². The highest BCUT2D eigenvalue weighted by Gasteiger charge is 2.16. The van der Waals surface area contributed by atoms with Crippen LogP contribution in [0.2, 0.25) is 0 Å².